The lowest BCUT2D eigenvalue weighted by molar-refractivity contribution is 0.0640. The Morgan fingerprint density at radius 1 is 1.56 bits per heavy atom. The third-order valence-electron chi connectivity index (χ3n) is 2.21. The van der Waals surface area contributed by atoms with Crippen molar-refractivity contribution in [1.29, 1.82) is 0 Å². The lowest BCUT2D eigenvalue weighted by Crippen LogP contribution is -2.40. The predicted molar refractivity (Wildman–Crippen MR) is 68.2 cm³/mol. The SMILES string of the molecule is CN(CC(C)(C)O)S(=O)(=O)c1cccnc1NN. The number of pyridine rings is 1. The largest absolute Gasteiger partial charge is 0.389 e. The summed E-state index contributed by atoms with van der Waals surface area (Å²) in [5.41, 5.74) is 1.12. The maximum atomic E-state index is 12.3. The molecule has 1 aromatic rings. The summed E-state index contributed by atoms with van der Waals surface area (Å²) in [6, 6.07) is 2.91. The molecule has 1 aromatic heterocycles. The molecular weight excluding hydrogens is 256 g/mol. The minimum absolute atomic E-state index is 0.0285. The van der Waals surface area contributed by atoms with E-state index in [-0.39, 0.29) is 17.3 Å². The molecule has 8 heteroatoms. The molecule has 0 spiro atoms. The van der Waals surface area contributed by atoms with Crippen LogP contribution in [-0.4, -0.2) is 42.0 Å². The van der Waals surface area contributed by atoms with Gasteiger partial charge in [-0.25, -0.2) is 19.2 Å². The highest BCUT2D eigenvalue weighted by Gasteiger charge is 2.28. The molecule has 0 saturated heterocycles. The number of nitrogen functional groups attached to an aromatic ring is 1. The van der Waals surface area contributed by atoms with Crippen molar-refractivity contribution in [2.45, 2.75) is 24.3 Å². The number of sulfonamides is 1. The lowest BCUT2D eigenvalue weighted by Gasteiger charge is -2.25. The first-order chi connectivity index (χ1) is 8.18. The first-order valence-electron chi connectivity index (χ1n) is 5.29. The van der Waals surface area contributed by atoms with E-state index in [9.17, 15) is 13.5 Å². The van der Waals surface area contributed by atoms with Gasteiger partial charge >= 0.3 is 0 Å². The Balaban J connectivity index is 3.14. The van der Waals surface area contributed by atoms with E-state index >= 15 is 0 Å². The average molecular weight is 274 g/mol. The van der Waals surface area contributed by atoms with E-state index in [1.54, 1.807) is 0 Å². The topological polar surface area (TPSA) is 109 Å². The maximum absolute atomic E-state index is 12.3. The number of nitrogens with two attached hydrogens (primary N) is 1. The highest BCUT2D eigenvalue weighted by molar-refractivity contribution is 7.89. The minimum Gasteiger partial charge on any atom is -0.389 e. The quantitative estimate of drug-likeness (QED) is 0.505. The molecule has 0 aliphatic heterocycles. The summed E-state index contributed by atoms with van der Waals surface area (Å²) >= 11 is 0. The molecule has 0 saturated carbocycles. The monoisotopic (exact) mass is 274 g/mol. The third kappa shape index (κ3) is 3.39. The number of hydrazine groups is 1. The van der Waals surface area contributed by atoms with E-state index in [2.05, 4.69) is 10.4 Å². The van der Waals surface area contributed by atoms with Crippen LogP contribution in [0.25, 0.3) is 0 Å². The third-order valence-corrected chi connectivity index (χ3v) is 4.04. The fourth-order valence-electron chi connectivity index (χ4n) is 1.50. The number of aromatic nitrogens is 1. The molecule has 0 radical (unpaired) electrons. The summed E-state index contributed by atoms with van der Waals surface area (Å²) in [5, 5.41) is 9.66. The fourth-order valence-corrected chi connectivity index (χ4v) is 2.93. The summed E-state index contributed by atoms with van der Waals surface area (Å²) < 4.78 is 25.6. The molecule has 0 aromatic carbocycles. The number of rotatable bonds is 5. The van der Waals surface area contributed by atoms with Crippen molar-refractivity contribution in [3.8, 4) is 0 Å². The number of nitrogens with one attached hydrogen (secondary N) is 1. The van der Waals surface area contributed by atoms with Gasteiger partial charge < -0.3 is 10.5 Å². The molecule has 1 heterocycles. The number of nitrogens with zero attached hydrogens (tertiary/aromatic N) is 2. The summed E-state index contributed by atoms with van der Waals surface area (Å²) in [6.07, 6.45) is 1.43. The van der Waals surface area contributed by atoms with Crippen molar-refractivity contribution in [3.05, 3.63) is 18.3 Å². The Bertz CT molecular complexity index is 510. The molecule has 0 unspecified atom stereocenters. The van der Waals surface area contributed by atoms with Crippen LogP contribution in [0.1, 0.15) is 13.8 Å². The van der Waals surface area contributed by atoms with Crippen LogP contribution in [0, 0.1) is 0 Å². The second kappa shape index (κ2) is 5.19. The van der Waals surface area contributed by atoms with E-state index in [4.69, 9.17) is 5.84 Å². The Morgan fingerprint density at radius 2 is 2.17 bits per heavy atom. The molecule has 0 aliphatic carbocycles. The van der Waals surface area contributed by atoms with Crippen LogP contribution in [-0.2, 0) is 10.0 Å². The molecule has 102 valence electrons. The number of hydrogen-bond donors (Lipinski definition) is 3. The Labute approximate surface area is 107 Å². The van der Waals surface area contributed by atoms with E-state index in [0.29, 0.717) is 0 Å². The maximum Gasteiger partial charge on any atom is 0.246 e. The standard InChI is InChI=1S/C10H18N4O3S/c1-10(2,15)7-14(3)18(16,17)8-5-4-6-12-9(8)13-11/h4-6,15H,7,11H2,1-3H3,(H,12,13). The molecular formula is C10H18N4O3S. The number of anilines is 1. The number of likely N-dealkylation sites (N-methyl/N-ethyl adjacent to an activating group) is 1. The normalized spacial score (nSPS) is 12.8. The summed E-state index contributed by atoms with van der Waals surface area (Å²) in [6.45, 7) is 3.03. The summed E-state index contributed by atoms with van der Waals surface area (Å²) in [7, 11) is -2.36. The van der Waals surface area contributed by atoms with E-state index in [0.717, 1.165) is 4.31 Å². The zero-order valence-electron chi connectivity index (χ0n) is 10.6. The molecule has 1 rings (SSSR count). The van der Waals surface area contributed by atoms with Crippen molar-refractivity contribution in [1.82, 2.24) is 9.29 Å². The zero-order chi connectivity index (χ0) is 14.0. The molecule has 4 N–H and O–H groups in total. The van der Waals surface area contributed by atoms with Gasteiger partial charge in [-0.1, -0.05) is 0 Å². The van der Waals surface area contributed by atoms with E-state index in [1.165, 1.54) is 39.2 Å². The second-order valence-corrected chi connectivity index (χ2v) is 6.58. The Kier molecular flexibility index (Phi) is 4.28. The van der Waals surface area contributed by atoms with Gasteiger partial charge in [-0.05, 0) is 26.0 Å². The fraction of sp³-hybridized carbons (Fsp3) is 0.500. The zero-order valence-corrected chi connectivity index (χ0v) is 11.4. The number of aliphatic hydroxyl groups is 1. The van der Waals surface area contributed by atoms with E-state index in [1.807, 2.05) is 0 Å². The van der Waals surface area contributed by atoms with Crippen molar-refractivity contribution in [3.63, 3.8) is 0 Å². The molecule has 0 amide bonds. The molecule has 0 bridgehead atoms. The van der Waals surface area contributed by atoms with Gasteiger partial charge in [0, 0.05) is 19.8 Å². The van der Waals surface area contributed by atoms with Gasteiger partial charge in [0.1, 0.15) is 4.90 Å². The Hall–Kier alpha value is -1.22. The average Bonchev–Trinajstić information content (AvgIpc) is 2.26. The Morgan fingerprint density at radius 3 is 2.67 bits per heavy atom. The highest BCUT2D eigenvalue weighted by atomic mass is 32.2. The molecule has 18 heavy (non-hydrogen) atoms. The first kappa shape index (κ1) is 14.8. The van der Waals surface area contributed by atoms with Crippen molar-refractivity contribution < 1.29 is 13.5 Å². The minimum atomic E-state index is -3.75. The van der Waals surface area contributed by atoms with Crippen molar-refractivity contribution in [2.75, 3.05) is 19.0 Å². The van der Waals surface area contributed by atoms with Gasteiger partial charge in [-0.2, -0.15) is 4.31 Å². The molecule has 0 aliphatic rings. The van der Waals surface area contributed by atoms with Gasteiger partial charge in [0.2, 0.25) is 10.0 Å². The predicted octanol–water partition coefficient (Wildman–Crippen LogP) is -0.241. The van der Waals surface area contributed by atoms with Crippen LogP contribution >= 0.6 is 0 Å². The van der Waals surface area contributed by atoms with Gasteiger partial charge in [0.15, 0.2) is 5.82 Å². The summed E-state index contributed by atoms with van der Waals surface area (Å²) in [5.74, 6) is 5.30. The molecule has 7 nitrogen and oxygen atoms in total. The smallest absolute Gasteiger partial charge is 0.246 e. The van der Waals surface area contributed by atoms with Gasteiger partial charge in [0.25, 0.3) is 0 Å². The van der Waals surface area contributed by atoms with Crippen LogP contribution in [0.5, 0.6) is 0 Å². The highest BCUT2D eigenvalue weighted by Crippen LogP contribution is 2.21. The van der Waals surface area contributed by atoms with Crippen molar-refractivity contribution in [2.24, 2.45) is 5.84 Å². The lowest BCUT2D eigenvalue weighted by atomic mass is 10.1. The van der Waals surface area contributed by atoms with Gasteiger partial charge in [-0.15, -0.1) is 0 Å². The van der Waals surface area contributed by atoms with E-state index < -0.39 is 15.6 Å². The van der Waals surface area contributed by atoms with Crippen LogP contribution in [0.3, 0.4) is 0 Å². The molecule has 0 fully saturated rings. The number of hydrogen-bond acceptors (Lipinski definition) is 6. The molecule has 0 atom stereocenters. The van der Waals surface area contributed by atoms with Crippen LogP contribution in [0.15, 0.2) is 23.2 Å². The van der Waals surface area contributed by atoms with Crippen LogP contribution in [0.4, 0.5) is 5.82 Å². The van der Waals surface area contributed by atoms with Crippen LogP contribution < -0.4 is 11.3 Å². The van der Waals surface area contributed by atoms with Crippen LogP contribution in [0.2, 0.25) is 0 Å². The van der Waals surface area contributed by atoms with Gasteiger partial charge in [0.05, 0.1) is 5.60 Å². The van der Waals surface area contributed by atoms with Gasteiger partial charge in [-0.3, -0.25) is 0 Å². The second-order valence-electron chi connectivity index (χ2n) is 4.57. The first-order valence-corrected chi connectivity index (χ1v) is 6.73. The van der Waals surface area contributed by atoms with Crippen molar-refractivity contribution >= 4 is 15.8 Å². The summed E-state index contributed by atoms with van der Waals surface area (Å²) in [4.78, 5) is 3.81.